The zero-order valence-corrected chi connectivity index (χ0v) is 11.7. The largest absolute Gasteiger partial charge is 0.373 e. The Bertz CT molecular complexity index is 277. The first kappa shape index (κ1) is 14.0. The van der Waals surface area contributed by atoms with E-state index in [4.69, 9.17) is 10.6 Å². The summed E-state index contributed by atoms with van der Waals surface area (Å²) in [5, 5.41) is 0. The highest BCUT2D eigenvalue weighted by molar-refractivity contribution is 5.19. The molecule has 0 aromatic rings. The van der Waals surface area contributed by atoms with Gasteiger partial charge in [0, 0.05) is 6.61 Å². The molecule has 3 heteroatoms. The molecule has 2 aliphatic carbocycles. The zero-order chi connectivity index (χ0) is 12.8. The predicted molar refractivity (Wildman–Crippen MR) is 75.1 cm³/mol. The molecule has 2 rings (SSSR count). The maximum atomic E-state index is 6.19. The van der Waals surface area contributed by atoms with Crippen molar-refractivity contribution in [2.45, 2.75) is 76.4 Å². The molecule has 0 heterocycles. The second-order valence-corrected chi connectivity index (χ2v) is 5.68. The van der Waals surface area contributed by atoms with Crippen LogP contribution in [0.2, 0.25) is 0 Å². The Morgan fingerprint density at radius 1 is 1.28 bits per heavy atom. The van der Waals surface area contributed by atoms with Gasteiger partial charge < -0.3 is 4.74 Å². The summed E-state index contributed by atoms with van der Waals surface area (Å²) in [5.41, 5.74) is 4.51. The lowest BCUT2D eigenvalue weighted by Gasteiger charge is -2.44. The minimum absolute atomic E-state index is 0.0507. The summed E-state index contributed by atoms with van der Waals surface area (Å²) in [7, 11) is 0. The Morgan fingerprint density at radius 2 is 2.06 bits per heavy atom. The van der Waals surface area contributed by atoms with E-state index in [-0.39, 0.29) is 11.6 Å². The maximum absolute atomic E-state index is 6.19. The quantitative estimate of drug-likeness (QED) is 0.449. The average Bonchev–Trinajstić information content (AvgIpc) is 2.42. The molecule has 0 aromatic carbocycles. The second kappa shape index (κ2) is 6.69. The molecule has 3 N–H and O–H groups in total. The van der Waals surface area contributed by atoms with Crippen molar-refractivity contribution in [1.29, 1.82) is 0 Å². The summed E-state index contributed by atoms with van der Waals surface area (Å²) < 4.78 is 6.19. The van der Waals surface area contributed by atoms with E-state index in [1.165, 1.54) is 50.5 Å². The van der Waals surface area contributed by atoms with E-state index >= 15 is 0 Å². The number of hydrogen-bond donors (Lipinski definition) is 2. The van der Waals surface area contributed by atoms with Crippen molar-refractivity contribution in [1.82, 2.24) is 5.43 Å². The van der Waals surface area contributed by atoms with Gasteiger partial charge in [0.25, 0.3) is 0 Å². The summed E-state index contributed by atoms with van der Waals surface area (Å²) in [6.07, 6.45) is 13.6. The van der Waals surface area contributed by atoms with Crippen LogP contribution >= 0.6 is 0 Å². The second-order valence-electron chi connectivity index (χ2n) is 5.68. The van der Waals surface area contributed by atoms with Crippen LogP contribution in [-0.2, 0) is 4.74 Å². The molecule has 2 aliphatic rings. The van der Waals surface area contributed by atoms with Crippen LogP contribution in [0.15, 0.2) is 11.6 Å². The van der Waals surface area contributed by atoms with Crippen LogP contribution in [0.1, 0.15) is 64.7 Å². The highest BCUT2D eigenvalue weighted by atomic mass is 16.5. The van der Waals surface area contributed by atoms with E-state index in [0.29, 0.717) is 0 Å². The predicted octanol–water partition coefficient (Wildman–Crippen LogP) is 3.06. The van der Waals surface area contributed by atoms with E-state index in [1.54, 1.807) is 0 Å². The lowest BCUT2D eigenvalue weighted by atomic mass is 9.74. The molecule has 0 radical (unpaired) electrons. The van der Waals surface area contributed by atoms with Crippen molar-refractivity contribution in [2.75, 3.05) is 6.61 Å². The van der Waals surface area contributed by atoms with Gasteiger partial charge in [-0.1, -0.05) is 30.9 Å². The summed E-state index contributed by atoms with van der Waals surface area (Å²) in [5.74, 6) is 5.88. The Kier molecular flexibility index (Phi) is 5.22. The minimum Gasteiger partial charge on any atom is -0.373 e. The Balaban J connectivity index is 2.17. The molecule has 104 valence electrons. The lowest BCUT2D eigenvalue weighted by molar-refractivity contribution is -0.0827. The topological polar surface area (TPSA) is 47.3 Å². The van der Waals surface area contributed by atoms with E-state index in [0.717, 1.165) is 19.4 Å². The van der Waals surface area contributed by atoms with Gasteiger partial charge in [0.2, 0.25) is 0 Å². The number of hydrogen-bond acceptors (Lipinski definition) is 3. The van der Waals surface area contributed by atoms with Crippen LogP contribution in [0, 0.1) is 0 Å². The SMILES string of the molecule is CCOC1(C(NN)C2=CCCCC2)CCCCC1. The average molecular weight is 252 g/mol. The maximum Gasteiger partial charge on any atom is 0.0885 e. The Labute approximate surface area is 111 Å². The van der Waals surface area contributed by atoms with Crippen molar-refractivity contribution in [3.8, 4) is 0 Å². The van der Waals surface area contributed by atoms with Crippen LogP contribution in [0.25, 0.3) is 0 Å². The number of rotatable bonds is 5. The summed E-state index contributed by atoms with van der Waals surface area (Å²) >= 11 is 0. The standard InChI is InChI=1S/C15H28N2O/c1-2-18-15(11-7-4-8-12-15)14(17-16)13-9-5-3-6-10-13/h9,14,17H,2-8,10-12,16H2,1H3. The third kappa shape index (κ3) is 2.95. The van der Waals surface area contributed by atoms with Gasteiger partial charge in [0.15, 0.2) is 0 Å². The van der Waals surface area contributed by atoms with E-state index in [9.17, 15) is 0 Å². The number of hydrazine groups is 1. The third-order valence-electron chi connectivity index (χ3n) is 4.52. The molecule has 1 fully saturated rings. The smallest absolute Gasteiger partial charge is 0.0885 e. The normalized spacial score (nSPS) is 25.6. The fourth-order valence-corrected chi connectivity index (χ4v) is 3.68. The Hall–Kier alpha value is -0.380. The van der Waals surface area contributed by atoms with Gasteiger partial charge in [-0.05, 0) is 45.4 Å². The fourth-order valence-electron chi connectivity index (χ4n) is 3.68. The molecule has 0 spiro atoms. The molecule has 0 amide bonds. The van der Waals surface area contributed by atoms with Crippen LogP contribution in [-0.4, -0.2) is 18.2 Å². The first-order valence-corrected chi connectivity index (χ1v) is 7.61. The van der Waals surface area contributed by atoms with Crippen LogP contribution < -0.4 is 11.3 Å². The van der Waals surface area contributed by atoms with Gasteiger partial charge in [-0.3, -0.25) is 11.3 Å². The molecule has 0 aliphatic heterocycles. The molecular formula is C15H28N2O. The van der Waals surface area contributed by atoms with Gasteiger partial charge in [0.1, 0.15) is 0 Å². The first-order valence-electron chi connectivity index (χ1n) is 7.61. The van der Waals surface area contributed by atoms with Crippen molar-refractivity contribution in [3.63, 3.8) is 0 Å². The highest BCUT2D eigenvalue weighted by Crippen LogP contribution is 2.38. The number of nitrogens with two attached hydrogens (primary N) is 1. The number of nitrogens with one attached hydrogen (secondary N) is 1. The summed E-state index contributed by atoms with van der Waals surface area (Å²) in [6.45, 7) is 2.88. The van der Waals surface area contributed by atoms with Gasteiger partial charge in [-0.2, -0.15) is 0 Å². The van der Waals surface area contributed by atoms with E-state index < -0.39 is 0 Å². The van der Waals surface area contributed by atoms with Gasteiger partial charge >= 0.3 is 0 Å². The molecule has 0 aromatic heterocycles. The fraction of sp³-hybridized carbons (Fsp3) is 0.867. The number of ether oxygens (including phenoxy) is 1. The molecule has 0 bridgehead atoms. The molecule has 0 saturated heterocycles. The molecule has 1 unspecified atom stereocenters. The van der Waals surface area contributed by atoms with Gasteiger partial charge in [-0.15, -0.1) is 0 Å². The summed E-state index contributed by atoms with van der Waals surface area (Å²) in [6, 6.07) is 0.220. The van der Waals surface area contributed by atoms with Crippen LogP contribution in [0.5, 0.6) is 0 Å². The zero-order valence-electron chi connectivity index (χ0n) is 11.7. The van der Waals surface area contributed by atoms with Crippen LogP contribution in [0.4, 0.5) is 0 Å². The lowest BCUT2D eigenvalue weighted by Crippen LogP contribution is -2.57. The van der Waals surface area contributed by atoms with E-state index in [2.05, 4.69) is 18.4 Å². The van der Waals surface area contributed by atoms with Gasteiger partial charge in [-0.25, -0.2) is 0 Å². The Morgan fingerprint density at radius 3 is 2.61 bits per heavy atom. The monoisotopic (exact) mass is 252 g/mol. The number of allylic oxidation sites excluding steroid dienone is 1. The minimum atomic E-state index is -0.0507. The van der Waals surface area contributed by atoms with Crippen molar-refractivity contribution >= 4 is 0 Å². The molecule has 18 heavy (non-hydrogen) atoms. The molecule has 1 saturated carbocycles. The molecule has 1 atom stereocenters. The first-order chi connectivity index (χ1) is 8.82. The molecular weight excluding hydrogens is 224 g/mol. The van der Waals surface area contributed by atoms with Gasteiger partial charge in [0.05, 0.1) is 11.6 Å². The molecule has 3 nitrogen and oxygen atoms in total. The van der Waals surface area contributed by atoms with E-state index in [1.807, 2.05) is 0 Å². The van der Waals surface area contributed by atoms with Crippen molar-refractivity contribution < 1.29 is 4.74 Å². The van der Waals surface area contributed by atoms with Crippen molar-refractivity contribution in [3.05, 3.63) is 11.6 Å². The third-order valence-corrected chi connectivity index (χ3v) is 4.52. The summed E-state index contributed by atoms with van der Waals surface area (Å²) in [4.78, 5) is 0. The highest BCUT2D eigenvalue weighted by Gasteiger charge is 2.41. The van der Waals surface area contributed by atoms with Crippen molar-refractivity contribution in [2.24, 2.45) is 5.84 Å². The van der Waals surface area contributed by atoms with Crippen LogP contribution in [0.3, 0.4) is 0 Å².